The first-order chi connectivity index (χ1) is 10.9. The van der Waals surface area contributed by atoms with Gasteiger partial charge in [-0.05, 0) is 44.0 Å². The number of hydrogen-bond donors (Lipinski definition) is 0. The molecule has 1 aromatic carbocycles. The zero-order chi connectivity index (χ0) is 18.3. The molecule has 1 aliphatic rings. The van der Waals surface area contributed by atoms with Crippen molar-refractivity contribution in [1.29, 1.82) is 0 Å². The predicted molar refractivity (Wildman–Crippen MR) is 78.8 cm³/mol. The third-order valence-corrected chi connectivity index (χ3v) is 3.58. The Labute approximate surface area is 135 Å². The summed E-state index contributed by atoms with van der Waals surface area (Å²) in [4.78, 5) is 10.4. The summed E-state index contributed by atoms with van der Waals surface area (Å²) in [6, 6.07) is 1.77. The van der Waals surface area contributed by atoms with Crippen LogP contribution in [0.1, 0.15) is 30.0 Å². The maximum Gasteiger partial charge on any atom is 0.416 e. The van der Waals surface area contributed by atoms with Gasteiger partial charge >= 0.3 is 11.9 Å². The van der Waals surface area contributed by atoms with E-state index in [4.69, 9.17) is 4.74 Å². The number of benzene rings is 1. The van der Waals surface area contributed by atoms with Gasteiger partial charge in [0, 0.05) is 18.6 Å². The van der Waals surface area contributed by atoms with Gasteiger partial charge in [0.2, 0.25) is 5.76 Å². The molecule has 0 bridgehead atoms. The highest BCUT2D eigenvalue weighted by Gasteiger charge is 2.34. The SMILES string of the molecule is Cc1cc(C(F)(F)F)cc(C)c1OC1=CC(C)(F)CC=C1[N+](=O)[O-]. The Bertz CT molecular complexity index is 725. The fourth-order valence-corrected chi connectivity index (χ4v) is 2.43. The Morgan fingerprint density at radius 2 is 1.79 bits per heavy atom. The zero-order valence-electron chi connectivity index (χ0n) is 13.2. The summed E-state index contributed by atoms with van der Waals surface area (Å²) in [6.45, 7) is 4.02. The molecule has 0 N–H and O–H groups in total. The molecule has 1 aliphatic carbocycles. The van der Waals surface area contributed by atoms with Gasteiger partial charge in [0.15, 0.2) is 0 Å². The van der Waals surface area contributed by atoms with Crippen molar-refractivity contribution in [1.82, 2.24) is 0 Å². The van der Waals surface area contributed by atoms with Crippen LogP contribution < -0.4 is 4.74 Å². The van der Waals surface area contributed by atoms with E-state index in [1.54, 1.807) is 0 Å². The minimum absolute atomic E-state index is 0.0414. The Balaban J connectivity index is 2.45. The Morgan fingerprint density at radius 1 is 1.25 bits per heavy atom. The van der Waals surface area contributed by atoms with E-state index in [1.165, 1.54) is 20.8 Å². The van der Waals surface area contributed by atoms with E-state index in [2.05, 4.69) is 0 Å². The first kappa shape index (κ1) is 18.0. The first-order valence-corrected chi connectivity index (χ1v) is 7.04. The van der Waals surface area contributed by atoms with Crippen LogP contribution in [0, 0.1) is 24.0 Å². The normalized spacial score (nSPS) is 21.1. The monoisotopic (exact) mass is 345 g/mol. The molecular formula is C16H15F4NO3. The standard InChI is InChI=1S/C16H15F4NO3/c1-9-6-11(16(18,19)20)7-10(2)14(9)24-13-8-15(3,17)5-4-12(13)21(22)23/h4,6-8H,5H2,1-3H3. The number of alkyl halides is 4. The third kappa shape index (κ3) is 3.74. The van der Waals surface area contributed by atoms with E-state index in [0.717, 1.165) is 24.3 Å². The molecule has 130 valence electrons. The van der Waals surface area contributed by atoms with Crippen LogP contribution in [0.4, 0.5) is 17.6 Å². The molecule has 0 radical (unpaired) electrons. The molecule has 0 spiro atoms. The van der Waals surface area contributed by atoms with Crippen molar-refractivity contribution in [2.24, 2.45) is 0 Å². The van der Waals surface area contributed by atoms with Gasteiger partial charge in [-0.1, -0.05) is 0 Å². The van der Waals surface area contributed by atoms with E-state index >= 15 is 0 Å². The molecule has 24 heavy (non-hydrogen) atoms. The largest absolute Gasteiger partial charge is 0.450 e. The summed E-state index contributed by atoms with van der Waals surface area (Å²) >= 11 is 0. The van der Waals surface area contributed by atoms with Crippen LogP contribution in [-0.4, -0.2) is 10.6 Å². The van der Waals surface area contributed by atoms with Crippen molar-refractivity contribution in [3.8, 4) is 5.75 Å². The summed E-state index contributed by atoms with van der Waals surface area (Å²) in [5, 5.41) is 11.1. The minimum atomic E-state index is -4.51. The lowest BCUT2D eigenvalue weighted by molar-refractivity contribution is -0.424. The number of ether oxygens (including phenoxy) is 1. The van der Waals surface area contributed by atoms with Gasteiger partial charge in [-0.15, -0.1) is 0 Å². The molecule has 1 aromatic rings. The maximum atomic E-state index is 14.1. The third-order valence-electron chi connectivity index (χ3n) is 3.58. The highest BCUT2D eigenvalue weighted by molar-refractivity contribution is 5.46. The second-order valence-corrected chi connectivity index (χ2v) is 5.88. The summed E-state index contributed by atoms with van der Waals surface area (Å²) in [5.41, 5.74) is -2.79. The summed E-state index contributed by atoms with van der Waals surface area (Å²) < 4.78 is 58.0. The van der Waals surface area contributed by atoms with Gasteiger partial charge in [0.05, 0.1) is 10.5 Å². The van der Waals surface area contributed by atoms with Crippen LogP contribution in [0.3, 0.4) is 0 Å². The van der Waals surface area contributed by atoms with Gasteiger partial charge in [0.25, 0.3) is 0 Å². The second-order valence-electron chi connectivity index (χ2n) is 5.88. The molecular weight excluding hydrogens is 330 g/mol. The van der Waals surface area contributed by atoms with E-state index in [9.17, 15) is 27.7 Å². The van der Waals surface area contributed by atoms with Gasteiger partial charge in [-0.25, -0.2) is 4.39 Å². The Hall–Kier alpha value is -2.38. The Morgan fingerprint density at radius 3 is 2.25 bits per heavy atom. The number of halogens is 4. The van der Waals surface area contributed by atoms with E-state index in [-0.39, 0.29) is 29.1 Å². The van der Waals surface area contributed by atoms with Crippen molar-refractivity contribution >= 4 is 0 Å². The van der Waals surface area contributed by atoms with Gasteiger partial charge in [0.1, 0.15) is 11.4 Å². The van der Waals surface area contributed by atoms with E-state index < -0.39 is 28.0 Å². The zero-order valence-corrected chi connectivity index (χ0v) is 13.2. The fourth-order valence-electron chi connectivity index (χ4n) is 2.43. The number of allylic oxidation sites excluding steroid dienone is 2. The highest BCUT2D eigenvalue weighted by Crippen LogP contribution is 2.37. The first-order valence-electron chi connectivity index (χ1n) is 7.04. The topological polar surface area (TPSA) is 52.4 Å². The van der Waals surface area contributed by atoms with Crippen molar-refractivity contribution < 1.29 is 27.2 Å². The molecule has 1 atom stereocenters. The highest BCUT2D eigenvalue weighted by atomic mass is 19.4. The quantitative estimate of drug-likeness (QED) is 0.446. The number of nitrogens with zero attached hydrogens (tertiary/aromatic N) is 1. The Kier molecular flexibility index (Phi) is 4.43. The van der Waals surface area contributed by atoms with Crippen LogP contribution in [0.25, 0.3) is 0 Å². The van der Waals surface area contributed by atoms with Crippen LogP contribution in [0.2, 0.25) is 0 Å². The fraction of sp³-hybridized carbons (Fsp3) is 0.375. The molecule has 0 heterocycles. The molecule has 0 saturated carbocycles. The lowest BCUT2D eigenvalue weighted by Gasteiger charge is -2.22. The van der Waals surface area contributed by atoms with Gasteiger partial charge in [-0.2, -0.15) is 13.2 Å². The van der Waals surface area contributed by atoms with Crippen molar-refractivity contribution in [3.05, 3.63) is 62.5 Å². The van der Waals surface area contributed by atoms with Crippen LogP contribution >= 0.6 is 0 Å². The number of hydrogen-bond acceptors (Lipinski definition) is 3. The number of rotatable bonds is 3. The summed E-state index contributed by atoms with van der Waals surface area (Å²) in [5.74, 6) is -0.276. The van der Waals surface area contributed by atoms with E-state index in [0.29, 0.717) is 0 Å². The molecule has 4 nitrogen and oxygen atoms in total. The smallest absolute Gasteiger partial charge is 0.416 e. The molecule has 0 fully saturated rings. The van der Waals surface area contributed by atoms with Crippen molar-refractivity contribution in [2.75, 3.05) is 0 Å². The minimum Gasteiger partial charge on any atom is -0.450 e. The average Bonchev–Trinajstić information content (AvgIpc) is 2.40. The van der Waals surface area contributed by atoms with Crippen LogP contribution in [-0.2, 0) is 6.18 Å². The predicted octanol–water partition coefficient (Wildman–Crippen LogP) is 4.88. The average molecular weight is 345 g/mol. The van der Waals surface area contributed by atoms with E-state index in [1.807, 2.05) is 0 Å². The van der Waals surface area contributed by atoms with Crippen LogP contribution in [0.5, 0.6) is 5.75 Å². The van der Waals surface area contributed by atoms with Crippen molar-refractivity contribution in [2.45, 2.75) is 39.0 Å². The summed E-state index contributed by atoms with van der Waals surface area (Å²) in [6.07, 6.45) is -2.62. The number of nitro groups is 1. The second kappa shape index (κ2) is 5.92. The lowest BCUT2D eigenvalue weighted by atomic mass is 9.97. The van der Waals surface area contributed by atoms with Gasteiger partial charge in [-0.3, -0.25) is 10.1 Å². The van der Waals surface area contributed by atoms with Crippen molar-refractivity contribution in [3.63, 3.8) is 0 Å². The molecule has 0 saturated heterocycles. The van der Waals surface area contributed by atoms with Gasteiger partial charge < -0.3 is 4.74 Å². The molecule has 1 unspecified atom stereocenters. The molecule has 0 aromatic heterocycles. The lowest BCUT2D eigenvalue weighted by Crippen LogP contribution is -2.23. The summed E-state index contributed by atoms with van der Waals surface area (Å²) in [7, 11) is 0. The molecule has 0 aliphatic heterocycles. The maximum absolute atomic E-state index is 14.1. The molecule has 8 heteroatoms. The molecule has 0 amide bonds. The van der Waals surface area contributed by atoms with Crippen LogP contribution in [0.15, 0.2) is 35.7 Å². The number of aryl methyl sites for hydroxylation is 2. The molecule has 2 rings (SSSR count).